The van der Waals surface area contributed by atoms with Gasteiger partial charge in [-0.3, -0.25) is 0 Å². The molecule has 0 saturated heterocycles. The van der Waals surface area contributed by atoms with Crippen molar-refractivity contribution in [2.45, 2.75) is 18.7 Å². The number of alkyl halides is 3. The molecule has 0 radical (unpaired) electrons. The average molecular weight is 257 g/mol. The Labute approximate surface area is 104 Å². The molecule has 1 aromatic carbocycles. The van der Waals surface area contributed by atoms with Crippen LogP contribution in [0.2, 0.25) is 0 Å². The lowest BCUT2D eigenvalue weighted by Crippen LogP contribution is -2.35. The Morgan fingerprint density at radius 1 is 1.33 bits per heavy atom. The summed E-state index contributed by atoms with van der Waals surface area (Å²) in [5.41, 5.74) is -1.99. The van der Waals surface area contributed by atoms with Crippen LogP contribution in [0.3, 0.4) is 0 Å². The first-order valence-corrected chi connectivity index (χ1v) is 5.31. The quantitative estimate of drug-likeness (QED) is 0.640. The lowest BCUT2D eigenvalue weighted by molar-refractivity contribution is -0.137. The van der Waals surface area contributed by atoms with E-state index in [2.05, 4.69) is 11.2 Å². The van der Waals surface area contributed by atoms with Crippen LogP contribution < -0.4 is 5.32 Å². The number of rotatable bonds is 4. The van der Waals surface area contributed by atoms with Gasteiger partial charge in [-0.1, -0.05) is 18.1 Å². The highest BCUT2D eigenvalue weighted by Crippen LogP contribution is 2.31. The molecule has 98 valence electrons. The van der Waals surface area contributed by atoms with Gasteiger partial charge in [0.25, 0.3) is 0 Å². The third-order valence-electron chi connectivity index (χ3n) is 2.51. The first-order valence-electron chi connectivity index (χ1n) is 5.31. The van der Waals surface area contributed by atoms with Crippen molar-refractivity contribution in [3.63, 3.8) is 0 Å². The van der Waals surface area contributed by atoms with Crippen LogP contribution in [0.5, 0.6) is 0 Å². The van der Waals surface area contributed by atoms with Crippen LogP contribution in [-0.2, 0) is 11.8 Å². The maximum Gasteiger partial charge on any atom is 0.416 e. The van der Waals surface area contributed by atoms with E-state index in [1.165, 1.54) is 19.1 Å². The van der Waals surface area contributed by atoms with E-state index in [9.17, 15) is 18.3 Å². The first-order chi connectivity index (χ1) is 8.27. The Bertz CT molecular complexity index is 446. The van der Waals surface area contributed by atoms with Crippen LogP contribution in [-0.4, -0.2) is 18.2 Å². The second-order valence-electron chi connectivity index (χ2n) is 4.16. The number of nitrogens with one attached hydrogen (secondary N) is 1. The van der Waals surface area contributed by atoms with E-state index >= 15 is 0 Å². The Morgan fingerprint density at radius 2 is 1.94 bits per heavy atom. The summed E-state index contributed by atoms with van der Waals surface area (Å²) >= 11 is 0. The molecule has 0 aliphatic rings. The van der Waals surface area contributed by atoms with Gasteiger partial charge in [0.2, 0.25) is 0 Å². The molecular weight excluding hydrogens is 243 g/mol. The molecule has 5 heteroatoms. The van der Waals surface area contributed by atoms with Crippen molar-refractivity contribution < 1.29 is 18.3 Å². The summed E-state index contributed by atoms with van der Waals surface area (Å²) in [6.07, 6.45) is 0.617. The molecule has 1 rings (SSSR count). The summed E-state index contributed by atoms with van der Waals surface area (Å²) in [5.74, 6) is 2.33. The summed E-state index contributed by atoms with van der Waals surface area (Å²) in [5, 5.41) is 12.9. The molecule has 18 heavy (non-hydrogen) atoms. The van der Waals surface area contributed by atoms with Crippen LogP contribution in [0, 0.1) is 12.3 Å². The predicted molar refractivity (Wildman–Crippen MR) is 62.7 cm³/mol. The van der Waals surface area contributed by atoms with Gasteiger partial charge in [-0.2, -0.15) is 13.2 Å². The zero-order chi connectivity index (χ0) is 13.8. The van der Waals surface area contributed by atoms with Crippen LogP contribution in [0.15, 0.2) is 24.3 Å². The largest absolute Gasteiger partial charge is 0.416 e. The van der Waals surface area contributed by atoms with E-state index in [0.717, 1.165) is 12.1 Å². The molecule has 0 amide bonds. The fourth-order valence-corrected chi connectivity index (χ4v) is 1.51. The molecular formula is C13H14F3NO. The molecule has 0 aliphatic heterocycles. The van der Waals surface area contributed by atoms with E-state index in [1.54, 1.807) is 0 Å². The number of hydrogen-bond acceptors (Lipinski definition) is 2. The number of terminal acetylenes is 1. The van der Waals surface area contributed by atoms with Crippen molar-refractivity contribution in [1.29, 1.82) is 0 Å². The second kappa shape index (κ2) is 5.42. The van der Waals surface area contributed by atoms with Gasteiger partial charge in [0.1, 0.15) is 0 Å². The fraction of sp³-hybridized carbons (Fsp3) is 0.385. The van der Waals surface area contributed by atoms with Gasteiger partial charge < -0.3 is 10.4 Å². The minimum atomic E-state index is -4.42. The molecule has 0 spiro atoms. The number of hydrogen-bond donors (Lipinski definition) is 2. The Morgan fingerprint density at radius 3 is 2.50 bits per heavy atom. The molecule has 0 bridgehead atoms. The zero-order valence-corrected chi connectivity index (χ0v) is 9.88. The third kappa shape index (κ3) is 3.76. The van der Waals surface area contributed by atoms with E-state index in [-0.39, 0.29) is 18.7 Å². The highest BCUT2D eigenvalue weighted by atomic mass is 19.4. The lowest BCUT2D eigenvalue weighted by atomic mass is 9.94. The van der Waals surface area contributed by atoms with E-state index in [1.807, 2.05) is 0 Å². The van der Waals surface area contributed by atoms with Crippen molar-refractivity contribution in [2.24, 2.45) is 0 Å². The molecule has 0 fully saturated rings. The van der Waals surface area contributed by atoms with Crippen molar-refractivity contribution >= 4 is 0 Å². The second-order valence-corrected chi connectivity index (χ2v) is 4.16. The Balaban J connectivity index is 2.92. The molecule has 0 saturated carbocycles. The topological polar surface area (TPSA) is 32.3 Å². The molecule has 1 atom stereocenters. The molecule has 2 nitrogen and oxygen atoms in total. The van der Waals surface area contributed by atoms with Gasteiger partial charge in [-0.05, 0) is 24.6 Å². The van der Waals surface area contributed by atoms with Crippen molar-refractivity contribution in [3.8, 4) is 12.3 Å². The molecule has 0 aliphatic carbocycles. The standard InChI is InChI=1S/C13H14F3NO/c1-3-7-17-9-12(2,18)10-5-4-6-11(8-10)13(14,15)16/h1,4-6,8,17-18H,7,9H2,2H3. The zero-order valence-electron chi connectivity index (χ0n) is 9.88. The SMILES string of the molecule is C#CCNCC(C)(O)c1cccc(C(F)(F)F)c1. The Kier molecular flexibility index (Phi) is 4.38. The number of aliphatic hydroxyl groups is 1. The summed E-state index contributed by atoms with van der Waals surface area (Å²) in [7, 11) is 0. The van der Waals surface area contributed by atoms with Crippen molar-refractivity contribution in [1.82, 2.24) is 5.32 Å². The van der Waals surface area contributed by atoms with Gasteiger partial charge in [-0.25, -0.2) is 0 Å². The fourth-order valence-electron chi connectivity index (χ4n) is 1.51. The van der Waals surface area contributed by atoms with Gasteiger partial charge in [0, 0.05) is 6.54 Å². The van der Waals surface area contributed by atoms with Crippen LogP contribution in [0.4, 0.5) is 13.2 Å². The maximum atomic E-state index is 12.5. The molecule has 1 aromatic rings. The molecule has 2 N–H and O–H groups in total. The average Bonchev–Trinajstić information content (AvgIpc) is 2.28. The minimum Gasteiger partial charge on any atom is -0.384 e. The Hall–Kier alpha value is -1.51. The number of halogens is 3. The van der Waals surface area contributed by atoms with Crippen LogP contribution in [0.25, 0.3) is 0 Å². The third-order valence-corrected chi connectivity index (χ3v) is 2.51. The van der Waals surface area contributed by atoms with E-state index in [0.29, 0.717) is 0 Å². The predicted octanol–water partition coefficient (Wildman–Crippen LogP) is 2.14. The van der Waals surface area contributed by atoms with Crippen molar-refractivity contribution in [2.75, 3.05) is 13.1 Å². The lowest BCUT2D eigenvalue weighted by Gasteiger charge is -2.24. The van der Waals surface area contributed by atoms with Crippen LogP contribution >= 0.6 is 0 Å². The number of benzene rings is 1. The van der Waals surface area contributed by atoms with Gasteiger partial charge in [0.05, 0.1) is 17.7 Å². The van der Waals surface area contributed by atoms with Crippen molar-refractivity contribution in [3.05, 3.63) is 35.4 Å². The minimum absolute atomic E-state index is 0.0819. The summed E-state index contributed by atoms with van der Waals surface area (Å²) in [6.45, 7) is 1.76. The maximum absolute atomic E-state index is 12.5. The first kappa shape index (κ1) is 14.6. The normalized spacial score (nSPS) is 14.9. The summed E-state index contributed by atoms with van der Waals surface area (Å²) < 4.78 is 37.6. The van der Waals surface area contributed by atoms with Crippen LogP contribution in [0.1, 0.15) is 18.1 Å². The van der Waals surface area contributed by atoms with E-state index < -0.39 is 17.3 Å². The molecule has 0 aromatic heterocycles. The van der Waals surface area contributed by atoms with E-state index in [4.69, 9.17) is 6.42 Å². The smallest absolute Gasteiger partial charge is 0.384 e. The summed E-state index contributed by atoms with van der Waals surface area (Å²) in [4.78, 5) is 0. The molecule has 1 unspecified atom stereocenters. The van der Waals surface area contributed by atoms with Gasteiger partial charge in [0.15, 0.2) is 0 Å². The van der Waals surface area contributed by atoms with Gasteiger partial charge >= 0.3 is 6.18 Å². The highest BCUT2D eigenvalue weighted by Gasteiger charge is 2.32. The summed E-state index contributed by atoms with van der Waals surface area (Å²) in [6, 6.07) is 4.63. The van der Waals surface area contributed by atoms with Gasteiger partial charge in [-0.15, -0.1) is 6.42 Å². The monoisotopic (exact) mass is 257 g/mol. The molecule has 0 heterocycles. The highest BCUT2D eigenvalue weighted by molar-refractivity contribution is 5.29.